The summed E-state index contributed by atoms with van der Waals surface area (Å²) in [7, 11) is -4.50. The lowest BCUT2D eigenvalue weighted by Gasteiger charge is -2.10. The van der Waals surface area contributed by atoms with Crippen molar-refractivity contribution in [3.8, 4) is 0 Å². The number of nitrogens with two attached hydrogens (primary N) is 2. The smallest absolute Gasteiger partial charge is 0.297 e. The fourth-order valence-corrected chi connectivity index (χ4v) is 3.04. The van der Waals surface area contributed by atoms with E-state index >= 15 is 0 Å². The number of anilines is 2. The Balaban J connectivity index is 2.59. The summed E-state index contributed by atoms with van der Waals surface area (Å²) in [4.78, 5) is 3.95. The van der Waals surface area contributed by atoms with E-state index in [1.807, 2.05) is 12.1 Å². The number of nitrogen functional groups attached to an aromatic ring is 2. The van der Waals surface area contributed by atoms with Gasteiger partial charge in [-0.3, -0.25) is 4.55 Å². The zero-order valence-corrected chi connectivity index (χ0v) is 11.1. The number of rotatable bonds is 1. The highest BCUT2D eigenvalue weighted by Gasteiger charge is 2.21. The van der Waals surface area contributed by atoms with Gasteiger partial charge in [0, 0.05) is 10.8 Å². The molecule has 0 radical (unpaired) electrons. The van der Waals surface area contributed by atoms with E-state index < -0.39 is 15.0 Å². The Morgan fingerprint density at radius 1 is 1.05 bits per heavy atom. The minimum absolute atomic E-state index is 0.0629. The van der Waals surface area contributed by atoms with Crippen molar-refractivity contribution >= 4 is 43.3 Å². The number of hydrogen-bond acceptors (Lipinski definition) is 5. The molecule has 0 saturated heterocycles. The predicted octanol–water partition coefficient (Wildman–Crippen LogP) is 1.80. The van der Waals surface area contributed by atoms with Gasteiger partial charge in [0.15, 0.2) is 0 Å². The minimum Gasteiger partial charge on any atom is -0.397 e. The molecule has 0 aliphatic rings. The minimum atomic E-state index is -4.50. The molecule has 20 heavy (non-hydrogen) atoms. The molecule has 7 heteroatoms. The first-order chi connectivity index (χ1) is 9.38. The molecule has 0 amide bonds. The summed E-state index contributed by atoms with van der Waals surface area (Å²) in [6, 6.07) is 10.3. The highest BCUT2D eigenvalue weighted by Crippen LogP contribution is 2.34. The Morgan fingerprint density at radius 3 is 2.45 bits per heavy atom. The second-order valence-corrected chi connectivity index (χ2v) is 5.79. The fourth-order valence-electron chi connectivity index (χ4n) is 2.20. The third-order valence-corrected chi connectivity index (χ3v) is 4.06. The average Bonchev–Trinajstić information content (AvgIpc) is 2.36. The second kappa shape index (κ2) is 4.06. The first-order valence-corrected chi connectivity index (χ1v) is 7.17. The molecular formula is C13H11N3O3S. The van der Waals surface area contributed by atoms with Crippen LogP contribution < -0.4 is 11.5 Å². The van der Waals surface area contributed by atoms with Crippen LogP contribution in [-0.4, -0.2) is 18.0 Å². The third kappa shape index (κ3) is 1.84. The van der Waals surface area contributed by atoms with E-state index in [1.54, 1.807) is 18.2 Å². The molecule has 3 rings (SSSR count). The zero-order chi connectivity index (χ0) is 14.5. The predicted molar refractivity (Wildman–Crippen MR) is 77.9 cm³/mol. The molecule has 0 fully saturated rings. The highest BCUT2D eigenvalue weighted by atomic mass is 32.2. The van der Waals surface area contributed by atoms with Crippen LogP contribution in [0.1, 0.15) is 0 Å². The Labute approximate surface area is 114 Å². The third-order valence-electron chi connectivity index (χ3n) is 3.10. The lowest BCUT2D eigenvalue weighted by molar-refractivity contribution is 0.484. The largest absolute Gasteiger partial charge is 0.397 e. The van der Waals surface area contributed by atoms with Crippen molar-refractivity contribution in [3.05, 3.63) is 36.4 Å². The monoisotopic (exact) mass is 289 g/mol. The average molecular weight is 289 g/mol. The molecule has 102 valence electrons. The number of hydrogen-bond donors (Lipinski definition) is 3. The number of pyridine rings is 1. The number of benzene rings is 2. The lowest BCUT2D eigenvalue weighted by Crippen LogP contribution is -2.07. The molecular weight excluding hydrogens is 278 g/mol. The molecule has 3 aromatic rings. The van der Waals surface area contributed by atoms with E-state index in [9.17, 15) is 13.0 Å². The van der Waals surface area contributed by atoms with Gasteiger partial charge in [-0.05, 0) is 18.2 Å². The maximum atomic E-state index is 11.5. The summed E-state index contributed by atoms with van der Waals surface area (Å²) in [5.41, 5.74) is 12.3. The maximum Gasteiger partial charge on any atom is 0.297 e. The first kappa shape index (κ1) is 12.6. The molecule has 0 atom stereocenters. The van der Waals surface area contributed by atoms with E-state index in [-0.39, 0.29) is 16.8 Å². The van der Waals surface area contributed by atoms with Gasteiger partial charge in [0.05, 0.1) is 22.4 Å². The molecule has 0 bridgehead atoms. The molecule has 1 heterocycles. The Kier molecular flexibility index (Phi) is 2.56. The molecule has 0 unspecified atom stereocenters. The van der Waals surface area contributed by atoms with Gasteiger partial charge in [-0.2, -0.15) is 8.42 Å². The van der Waals surface area contributed by atoms with E-state index in [2.05, 4.69) is 4.98 Å². The summed E-state index contributed by atoms with van der Waals surface area (Å²) >= 11 is 0. The van der Waals surface area contributed by atoms with Crippen molar-refractivity contribution in [3.63, 3.8) is 0 Å². The summed E-state index contributed by atoms with van der Waals surface area (Å²) in [6.45, 7) is 0. The van der Waals surface area contributed by atoms with Gasteiger partial charge >= 0.3 is 0 Å². The van der Waals surface area contributed by atoms with Crippen LogP contribution in [0.2, 0.25) is 0 Å². The van der Waals surface area contributed by atoms with Gasteiger partial charge in [0.25, 0.3) is 10.1 Å². The zero-order valence-electron chi connectivity index (χ0n) is 10.2. The summed E-state index contributed by atoms with van der Waals surface area (Å²) in [5, 5.41) is 0.993. The number of aromatic nitrogens is 1. The van der Waals surface area contributed by atoms with Gasteiger partial charge in [-0.15, -0.1) is 0 Å². The van der Waals surface area contributed by atoms with Gasteiger partial charge < -0.3 is 11.5 Å². The van der Waals surface area contributed by atoms with E-state index in [1.165, 1.54) is 6.07 Å². The van der Waals surface area contributed by atoms with Gasteiger partial charge in [0.2, 0.25) is 0 Å². The van der Waals surface area contributed by atoms with Crippen LogP contribution in [0.5, 0.6) is 0 Å². The van der Waals surface area contributed by atoms with Crippen LogP contribution in [0, 0.1) is 0 Å². The number of fused-ring (bicyclic) bond motifs is 2. The van der Waals surface area contributed by atoms with Crippen LogP contribution in [-0.2, 0) is 10.1 Å². The topological polar surface area (TPSA) is 119 Å². The van der Waals surface area contributed by atoms with Crippen molar-refractivity contribution in [1.29, 1.82) is 0 Å². The van der Waals surface area contributed by atoms with Gasteiger partial charge in [-0.1, -0.05) is 18.2 Å². The molecule has 0 saturated carbocycles. The van der Waals surface area contributed by atoms with Crippen LogP contribution >= 0.6 is 0 Å². The molecule has 5 N–H and O–H groups in total. The molecule has 2 aromatic carbocycles. The van der Waals surface area contributed by atoms with Crippen molar-refractivity contribution in [2.24, 2.45) is 0 Å². The van der Waals surface area contributed by atoms with E-state index in [4.69, 9.17) is 11.5 Å². The quantitative estimate of drug-likeness (QED) is 0.357. The second-order valence-electron chi connectivity index (χ2n) is 4.43. The van der Waals surface area contributed by atoms with Crippen LogP contribution in [0.15, 0.2) is 41.3 Å². The lowest BCUT2D eigenvalue weighted by atomic mass is 10.1. The Bertz CT molecular complexity index is 952. The van der Waals surface area contributed by atoms with Crippen LogP contribution in [0.4, 0.5) is 11.4 Å². The van der Waals surface area contributed by atoms with Crippen molar-refractivity contribution < 1.29 is 13.0 Å². The number of para-hydroxylation sites is 1. The first-order valence-electron chi connectivity index (χ1n) is 5.73. The molecule has 0 aliphatic carbocycles. The van der Waals surface area contributed by atoms with Crippen LogP contribution in [0.25, 0.3) is 21.8 Å². The maximum absolute atomic E-state index is 11.5. The Hall–Kier alpha value is -2.38. The summed E-state index contributed by atoms with van der Waals surface area (Å²) in [5.74, 6) is 0. The molecule has 1 aromatic heterocycles. The standard InChI is InChI=1S/C13H11N3O3S/c14-9-6-11-8(13(12(9)15)20(17,18)19)5-7-3-1-2-4-10(7)16-11/h1-6H,14-15H2,(H,17,18,19). The summed E-state index contributed by atoms with van der Waals surface area (Å²) in [6.07, 6.45) is 0. The molecule has 0 aliphatic heterocycles. The molecule has 0 spiro atoms. The van der Waals surface area contributed by atoms with Crippen molar-refractivity contribution in [2.45, 2.75) is 4.90 Å². The van der Waals surface area contributed by atoms with Gasteiger partial charge in [-0.25, -0.2) is 4.98 Å². The normalized spacial score (nSPS) is 12.1. The summed E-state index contributed by atoms with van der Waals surface area (Å²) < 4.78 is 32.5. The van der Waals surface area contributed by atoms with E-state index in [0.29, 0.717) is 11.0 Å². The SMILES string of the molecule is Nc1cc2nc3ccccc3cc2c(S(=O)(=O)O)c1N. The molecule has 6 nitrogen and oxygen atoms in total. The Morgan fingerprint density at radius 2 is 1.75 bits per heavy atom. The van der Waals surface area contributed by atoms with Crippen molar-refractivity contribution in [2.75, 3.05) is 11.5 Å². The number of nitrogens with zero attached hydrogens (tertiary/aromatic N) is 1. The van der Waals surface area contributed by atoms with Crippen molar-refractivity contribution in [1.82, 2.24) is 4.98 Å². The van der Waals surface area contributed by atoms with E-state index in [0.717, 1.165) is 5.39 Å². The van der Waals surface area contributed by atoms with Gasteiger partial charge in [0.1, 0.15) is 4.90 Å². The fraction of sp³-hybridized carbons (Fsp3) is 0. The highest BCUT2D eigenvalue weighted by molar-refractivity contribution is 7.86. The van der Waals surface area contributed by atoms with Crippen LogP contribution in [0.3, 0.4) is 0 Å².